The Balaban J connectivity index is 2.29. The lowest BCUT2D eigenvalue weighted by atomic mass is 10.2. The number of benzene rings is 1. The number of azo groups is 1. The van der Waals surface area contributed by atoms with E-state index in [1.165, 1.54) is 0 Å². The molecule has 0 aliphatic heterocycles. The lowest BCUT2D eigenvalue weighted by molar-refractivity contribution is 0.142. The minimum atomic E-state index is -0.924. The van der Waals surface area contributed by atoms with Crippen LogP contribution >= 0.6 is 0 Å². The Hall–Kier alpha value is -2.24. The molecule has 0 radical (unpaired) electrons. The smallest absolute Gasteiger partial charge is 0.447 e. The normalized spacial score (nSPS) is 10.3. The van der Waals surface area contributed by atoms with E-state index in [0.717, 1.165) is 5.56 Å². The first-order valence-corrected chi connectivity index (χ1v) is 5.51. The maximum absolute atomic E-state index is 11.1. The van der Waals surface area contributed by atoms with E-state index in [1.54, 1.807) is 12.1 Å². The summed E-state index contributed by atoms with van der Waals surface area (Å²) in [5.74, 6) is 0. The first kappa shape index (κ1) is 13.8. The van der Waals surface area contributed by atoms with Gasteiger partial charge in [0, 0.05) is 0 Å². The van der Waals surface area contributed by atoms with Gasteiger partial charge in [0.15, 0.2) is 0 Å². The summed E-state index contributed by atoms with van der Waals surface area (Å²) in [6, 6.07) is 9.12. The molecular weight excluding hydrogens is 236 g/mol. The third kappa shape index (κ3) is 5.74. The van der Waals surface area contributed by atoms with Gasteiger partial charge in [0.25, 0.3) is 0 Å². The van der Waals surface area contributed by atoms with Gasteiger partial charge in [-0.15, -0.1) is 0 Å². The van der Waals surface area contributed by atoms with Crippen molar-refractivity contribution in [1.29, 1.82) is 0 Å². The van der Waals surface area contributed by atoms with Crippen LogP contribution in [-0.4, -0.2) is 18.8 Å². The van der Waals surface area contributed by atoms with E-state index >= 15 is 0 Å². The van der Waals surface area contributed by atoms with E-state index in [1.807, 2.05) is 25.1 Å². The Bertz CT molecular complexity index is 417. The zero-order chi connectivity index (χ0) is 13.2. The molecule has 1 aromatic carbocycles. The second-order valence-electron chi connectivity index (χ2n) is 3.35. The third-order valence-electron chi connectivity index (χ3n) is 1.85. The van der Waals surface area contributed by atoms with Gasteiger partial charge in [0.05, 0.1) is 6.61 Å². The number of ether oxygens (including phenoxy) is 2. The molecule has 0 atom stereocenters. The van der Waals surface area contributed by atoms with Crippen molar-refractivity contribution in [2.24, 2.45) is 10.2 Å². The van der Waals surface area contributed by atoms with Crippen LogP contribution in [-0.2, 0) is 16.1 Å². The highest BCUT2D eigenvalue weighted by Gasteiger charge is 2.03. The summed E-state index contributed by atoms with van der Waals surface area (Å²) in [4.78, 5) is 22.0. The molecule has 18 heavy (non-hydrogen) atoms. The number of hydrogen-bond donors (Lipinski definition) is 0. The average molecular weight is 250 g/mol. The van der Waals surface area contributed by atoms with E-state index < -0.39 is 12.2 Å². The molecule has 1 rings (SSSR count). The lowest BCUT2D eigenvalue weighted by Gasteiger charge is -2.00. The van der Waals surface area contributed by atoms with E-state index in [4.69, 9.17) is 4.74 Å². The number of carbonyl (C=O) groups is 2. The fraction of sp³-hybridized carbons (Fsp3) is 0.333. The largest absolute Gasteiger partial charge is 0.452 e. The number of amides is 2. The molecule has 0 saturated heterocycles. The van der Waals surface area contributed by atoms with Crippen molar-refractivity contribution in [2.45, 2.75) is 20.0 Å². The topological polar surface area (TPSA) is 77.3 Å². The van der Waals surface area contributed by atoms with Crippen LogP contribution in [0.2, 0.25) is 0 Å². The SMILES string of the molecule is CCCOC(=O)N=NC(=O)OCc1ccccc1. The highest BCUT2D eigenvalue weighted by Crippen LogP contribution is 2.01. The molecule has 6 nitrogen and oxygen atoms in total. The van der Waals surface area contributed by atoms with Gasteiger partial charge < -0.3 is 9.47 Å². The fourth-order valence-corrected chi connectivity index (χ4v) is 1.05. The van der Waals surface area contributed by atoms with Crippen LogP contribution in [0, 0.1) is 0 Å². The van der Waals surface area contributed by atoms with Crippen molar-refractivity contribution >= 4 is 12.2 Å². The highest BCUT2D eigenvalue weighted by atomic mass is 16.6. The van der Waals surface area contributed by atoms with Crippen LogP contribution in [0.25, 0.3) is 0 Å². The Morgan fingerprint density at radius 1 is 1.06 bits per heavy atom. The summed E-state index contributed by atoms with van der Waals surface area (Å²) in [6.07, 6.45) is -1.14. The van der Waals surface area contributed by atoms with E-state index in [2.05, 4.69) is 15.0 Å². The molecule has 96 valence electrons. The van der Waals surface area contributed by atoms with Crippen molar-refractivity contribution in [3.63, 3.8) is 0 Å². The minimum absolute atomic E-state index is 0.0860. The predicted octanol–water partition coefficient (Wildman–Crippen LogP) is 3.32. The monoisotopic (exact) mass is 250 g/mol. The van der Waals surface area contributed by atoms with Crippen LogP contribution in [0.3, 0.4) is 0 Å². The molecule has 0 fully saturated rings. The van der Waals surface area contributed by atoms with Crippen LogP contribution < -0.4 is 0 Å². The van der Waals surface area contributed by atoms with Crippen LogP contribution in [0.1, 0.15) is 18.9 Å². The quantitative estimate of drug-likeness (QED) is 0.768. The fourth-order valence-electron chi connectivity index (χ4n) is 1.05. The Labute approximate surface area is 105 Å². The van der Waals surface area contributed by atoms with Gasteiger partial charge in [-0.3, -0.25) is 0 Å². The van der Waals surface area contributed by atoms with Crippen molar-refractivity contribution in [2.75, 3.05) is 6.61 Å². The maximum atomic E-state index is 11.1. The van der Waals surface area contributed by atoms with Crippen LogP contribution in [0.15, 0.2) is 40.6 Å². The molecule has 0 aromatic heterocycles. The molecule has 0 N–H and O–H groups in total. The molecule has 0 unspecified atom stereocenters. The van der Waals surface area contributed by atoms with E-state index in [9.17, 15) is 9.59 Å². The summed E-state index contributed by atoms with van der Waals surface area (Å²) < 4.78 is 9.37. The molecule has 6 heteroatoms. The molecule has 0 aliphatic carbocycles. The average Bonchev–Trinajstić information content (AvgIpc) is 2.41. The maximum Gasteiger partial charge on any atom is 0.452 e. The minimum Gasteiger partial charge on any atom is -0.447 e. The molecule has 0 aliphatic rings. The molecule has 1 aromatic rings. The van der Waals surface area contributed by atoms with Gasteiger partial charge in [-0.1, -0.05) is 47.5 Å². The van der Waals surface area contributed by atoms with Crippen molar-refractivity contribution < 1.29 is 19.1 Å². The van der Waals surface area contributed by atoms with Crippen molar-refractivity contribution in [1.82, 2.24) is 0 Å². The summed E-state index contributed by atoms with van der Waals surface area (Å²) >= 11 is 0. The van der Waals surface area contributed by atoms with Gasteiger partial charge in [0.2, 0.25) is 0 Å². The number of nitrogens with zero attached hydrogens (tertiary/aromatic N) is 2. The second kappa shape index (κ2) is 7.94. The standard InChI is InChI=1S/C12H14N2O4/c1-2-8-17-11(15)13-14-12(16)18-9-10-6-4-3-5-7-10/h3-7H,2,8-9H2,1H3. The number of carbonyl (C=O) groups excluding carboxylic acids is 2. The number of rotatable bonds is 4. The molecule has 0 saturated carbocycles. The molecule has 0 spiro atoms. The Morgan fingerprint density at radius 2 is 1.67 bits per heavy atom. The zero-order valence-electron chi connectivity index (χ0n) is 10.0. The summed E-state index contributed by atoms with van der Waals surface area (Å²) in [6.45, 7) is 2.18. The van der Waals surface area contributed by atoms with E-state index in [0.29, 0.717) is 6.42 Å². The van der Waals surface area contributed by atoms with Gasteiger partial charge in [-0.25, -0.2) is 9.59 Å². The molecule has 0 heterocycles. The van der Waals surface area contributed by atoms with Gasteiger partial charge >= 0.3 is 12.2 Å². The highest BCUT2D eigenvalue weighted by molar-refractivity contribution is 5.73. The Morgan fingerprint density at radius 3 is 2.28 bits per heavy atom. The van der Waals surface area contributed by atoms with Crippen LogP contribution in [0.5, 0.6) is 0 Å². The van der Waals surface area contributed by atoms with Gasteiger partial charge in [-0.2, -0.15) is 0 Å². The molecule has 0 bridgehead atoms. The third-order valence-corrected chi connectivity index (χ3v) is 1.85. The van der Waals surface area contributed by atoms with Crippen LogP contribution in [0.4, 0.5) is 9.59 Å². The van der Waals surface area contributed by atoms with Crippen molar-refractivity contribution in [3.8, 4) is 0 Å². The summed E-state index contributed by atoms with van der Waals surface area (Å²) in [5.41, 5.74) is 0.828. The molecule has 2 amide bonds. The first-order valence-electron chi connectivity index (χ1n) is 5.51. The first-order chi connectivity index (χ1) is 8.72. The number of hydrogen-bond acceptors (Lipinski definition) is 4. The summed E-state index contributed by atoms with van der Waals surface area (Å²) in [5, 5.41) is 6.14. The summed E-state index contributed by atoms with van der Waals surface area (Å²) in [7, 11) is 0. The van der Waals surface area contributed by atoms with Gasteiger partial charge in [-0.05, 0) is 12.0 Å². The lowest BCUT2D eigenvalue weighted by Crippen LogP contribution is -2.02. The van der Waals surface area contributed by atoms with Gasteiger partial charge in [0.1, 0.15) is 6.61 Å². The van der Waals surface area contributed by atoms with Crippen molar-refractivity contribution in [3.05, 3.63) is 35.9 Å². The van der Waals surface area contributed by atoms with E-state index in [-0.39, 0.29) is 13.2 Å². The molecular formula is C12H14N2O4. The predicted molar refractivity (Wildman–Crippen MR) is 63.1 cm³/mol. The second-order valence-corrected chi connectivity index (χ2v) is 3.35. The Kier molecular flexibility index (Phi) is 6.10. The zero-order valence-corrected chi connectivity index (χ0v) is 10.0.